The molecular formula is C9H13N. The molecule has 10 heavy (non-hydrogen) atoms. The molecule has 0 spiro atoms. The molecule has 0 aromatic heterocycles. The molecule has 0 heterocycles. The first-order valence-electron chi connectivity index (χ1n) is 3.45. The Labute approximate surface area is 62.2 Å². The van der Waals surface area contributed by atoms with E-state index in [0.29, 0.717) is 5.92 Å². The monoisotopic (exact) mass is 135 g/mol. The zero-order valence-corrected chi connectivity index (χ0v) is 6.65. The highest BCUT2D eigenvalue weighted by Gasteiger charge is 2.29. The first-order valence-corrected chi connectivity index (χ1v) is 3.45. The van der Waals surface area contributed by atoms with E-state index in [2.05, 4.69) is 18.2 Å². The summed E-state index contributed by atoms with van der Waals surface area (Å²) < 4.78 is 0. The number of hydrogen-bond donors (Lipinski definition) is 0. The van der Waals surface area contributed by atoms with Crippen molar-refractivity contribution in [2.75, 3.05) is 7.05 Å². The van der Waals surface area contributed by atoms with Gasteiger partial charge in [0, 0.05) is 25.1 Å². The van der Waals surface area contributed by atoms with Crippen LogP contribution >= 0.6 is 0 Å². The second kappa shape index (κ2) is 2.41. The van der Waals surface area contributed by atoms with Gasteiger partial charge >= 0.3 is 0 Å². The van der Waals surface area contributed by atoms with Gasteiger partial charge in [-0.3, -0.25) is 4.99 Å². The van der Waals surface area contributed by atoms with E-state index in [1.165, 1.54) is 11.3 Å². The molecule has 0 aromatic rings. The fourth-order valence-electron chi connectivity index (χ4n) is 1.38. The van der Waals surface area contributed by atoms with Gasteiger partial charge in [-0.1, -0.05) is 24.3 Å². The molecule has 54 valence electrons. The molecule has 1 aliphatic carbocycles. The van der Waals surface area contributed by atoms with Crippen LogP contribution in [-0.4, -0.2) is 12.8 Å². The Hall–Kier alpha value is -0.850. The molecular weight excluding hydrogens is 122 g/mol. The Morgan fingerprint density at radius 1 is 1.70 bits per heavy atom. The number of allylic oxidation sites excluding steroid dienone is 2. The van der Waals surface area contributed by atoms with E-state index < -0.39 is 0 Å². The van der Waals surface area contributed by atoms with E-state index in [-0.39, 0.29) is 0 Å². The fourth-order valence-corrected chi connectivity index (χ4v) is 1.38. The van der Waals surface area contributed by atoms with Crippen molar-refractivity contribution in [3.8, 4) is 0 Å². The van der Waals surface area contributed by atoms with Gasteiger partial charge in [-0.25, -0.2) is 0 Å². The highest BCUT2D eigenvalue weighted by molar-refractivity contribution is 6.00. The van der Waals surface area contributed by atoms with Crippen molar-refractivity contribution in [2.24, 2.45) is 10.9 Å². The third-order valence-electron chi connectivity index (χ3n) is 1.93. The van der Waals surface area contributed by atoms with Gasteiger partial charge in [0.25, 0.3) is 0 Å². The Morgan fingerprint density at radius 2 is 2.30 bits per heavy atom. The van der Waals surface area contributed by atoms with Gasteiger partial charge in [-0.15, -0.1) is 0 Å². The van der Waals surface area contributed by atoms with Crippen LogP contribution in [0.3, 0.4) is 0 Å². The number of nitrogens with zero attached hydrogens (tertiary/aromatic N) is 1. The summed E-state index contributed by atoms with van der Waals surface area (Å²) in [4.78, 5) is 4.14. The summed E-state index contributed by atoms with van der Waals surface area (Å²) in [7, 11) is 1.83. The highest BCUT2D eigenvalue weighted by atomic mass is 14.7. The zero-order chi connectivity index (χ0) is 7.72. The van der Waals surface area contributed by atoms with Gasteiger partial charge in [0.1, 0.15) is 0 Å². The van der Waals surface area contributed by atoms with E-state index in [0.717, 1.165) is 12.0 Å². The second-order valence-electron chi connectivity index (χ2n) is 2.83. The Kier molecular flexibility index (Phi) is 1.75. The fraction of sp³-hybridized carbons (Fsp3) is 0.444. The van der Waals surface area contributed by atoms with Crippen LogP contribution in [0.2, 0.25) is 0 Å². The van der Waals surface area contributed by atoms with Crippen LogP contribution in [0.15, 0.2) is 29.3 Å². The van der Waals surface area contributed by atoms with E-state index >= 15 is 0 Å². The average Bonchev–Trinajstić information content (AvgIpc) is 1.80. The van der Waals surface area contributed by atoms with Gasteiger partial charge in [0.05, 0.1) is 0 Å². The Morgan fingerprint density at radius 3 is 2.50 bits per heavy atom. The van der Waals surface area contributed by atoms with Gasteiger partial charge < -0.3 is 0 Å². The van der Waals surface area contributed by atoms with Crippen molar-refractivity contribution in [1.29, 1.82) is 0 Å². The SMILES string of the molecule is C=C(C)C1C(=C)CC1=NC. The van der Waals surface area contributed by atoms with Crippen molar-refractivity contribution in [2.45, 2.75) is 13.3 Å². The smallest absolute Gasteiger partial charge is 0.0386 e. The lowest BCUT2D eigenvalue weighted by molar-refractivity contribution is 0.816. The number of hydrogen-bond acceptors (Lipinski definition) is 1. The average molecular weight is 135 g/mol. The van der Waals surface area contributed by atoms with Crippen LogP contribution in [0.5, 0.6) is 0 Å². The predicted molar refractivity (Wildman–Crippen MR) is 45.4 cm³/mol. The van der Waals surface area contributed by atoms with Crippen LogP contribution in [-0.2, 0) is 0 Å². The standard InChI is InChI=1S/C9H13N/c1-6(2)9-7(3)5-8(9)10-4/h9H,1,3,5H2,2,4H3. The van der Waals surface area contributed by atoms with E-state index in [1.54, 1.807) is 0 Å². The molecule has 1 unspecified atom stereocenters. The maximum absolute atomic E-state index is 4.14. The quantitative estimate of drug-likeness (QED) is 0.489. The number of rotatable bonds is 1. The summed E-state index contributed by atoms with van der Waals surface area (Å²) in [6.45, 7) is 9.83. The third-order valence-corrected chi connectivity index (χ3v) is 1.93. The minimum Gasteiger partial charge on any atom is -0.296 e. The minimum absolute atomic E-state index is 0.394. The molecule has 0 aromatic carbocycles. The summed E-state index contributed by atoms with van der Waals surface area (Å²) >= 11 is 0. The van der Waals surface area contributed by atoms with Gasteiger partial charge in [-0.2, -0.15) is 0 Å². The molecule has 0 radical (unpaired) electrons. The first kappa shape index (κ1) is 7.26. The summed E-state index contributed by atoms with van der Waals surface area (Å²) in [6.07, 6.45) is 0.980. The summed E-state index contributed by atoms with van der Waals surface area (Å²) in [5.41, 5.74) is 3.66. The molecule has 0 N–H and O–H groups in total. The van der Waals surface area contributed by atoms with E-state index in [9.17, 15) is 0 Å². The lowest BCUT2D eigenvalue weighted by Crippen LogP contribution is -2.29. The minimum atomic E-state index is 0.394. The largest absolute Gasteiger partial charge is 0.296 e. The normalized spacial score (nSPS) is 28.4. The van der Waals surface area contributed by atoms with Gasteiger partial charge in [-0.05, 0) is 6.92 Å². The lowest BCUT2D eigenvalue weighted by atomic mass is 9.74. The lowest BCUT2D eigenvalue weighted by Gasteiger charge is -2.31. The molecule has 1 saturated carbocycles. The molecule has 0 aliphatic heterocycles. The van der Waals surface area contributed by atoms with Crippen molar-refractivity contribution in [3.05, 3.63) is 24.3 Å². The van der Waals surface area contributed by atoms with Gasteiger partial charge in [0.15, 0.2) is 0 Å². The summed E-state index contributed by atoms with van der Waals surface area (Å²) in [5, 5.41) is 0. The molecule has 1 nitrogen and oxygen atoms in total. The van der Waals surface area contributed by atoms with E-state index in [4.69, 9.17) is 0 Å². The Balaban J connectivity index is 2.75. The second-order valence-corrected chi connectivity index (χ2v) is 2.83. The molecule has 1 aliphatic rings. The van der Waals surface area contributed by atoms with Crippen LogP contribution in [0, 0.1) is 5.92 Å². The van der Waals surface area contributed by atoms with Crippen molar-refractivity contribution in [3.63, 3.8) is 0 Å². The molecule has 1 fully saturated rings. The molecule has 1 atom stereocenters. The highest BCUT2D eigenvalue weighted by Crippen LogP contribution is 2.34. The topological polar surface area (TPSA) is 12.4 Å². The zero-order valence-electron chi connectivity index (χ0n) is 6.65. The Bertz CT molecular complexity index is 203. The van der Waals surface area contributed by atoms with Crippen LogP contribution < -0.4 is 0 Å². The van der Waals surface area contributed by atoms with Crippen LogP contribution in [0.4, 0.5) is 0 Å². The van der Waals surface area contributed by atoms with Crippen LogP contribution in [0.25, 0.3) is 0 Å². The predicted octanol–water partition coefficient (Wildman–Crippen LogP) is 2.21. The first-order chi connectivity index (χ1) is 4.66. The summed E-state index contributed by atoms with van der Waals surface area (Å²) in [5.74, 6) is 0.394. The van der Waals surface area contributed by atoms with Crippen molar-refractivity contribution in [1.82, 2.24) is 0 Å². The summed E-state index contributed by atoms with van der Waals surface area (Å²) in [6, 6.07) is 0. The maximum Gasteiger partial charge on any atom is 0.0386 e. The van der Waals surface area contributed by atoms with E-state index in [1.807, 2.05) is 14.0 Å². The van der Waals surface area contributed by atoms with Crippen LogP contribution in [0.1, 0.15) is 13.3 Å². The molecule has 0 saturated heterocycles. The van der Waals surface area contributed by atoms with Crippen molar-refractivity contribution < 1.29 is 0 Å². The van der Waals surface area contributed by atoms with Crippen molar-refractivity contribution >= 4 is 5.71 Å². The molecule has 0 bridgehead atoms. The molecule has 0 amide bonds. The van der Waals surface area contributed by atoms with Gasteiger partial charge in [0.2, 0.25) is 0 Å². The third kappa shape index (κ3) is 0.919. The number of aliphatic imine (C=N–C) groups is 1. The molecule has 1 heteroatoms. The maximum atomic E-state index is 4.14. The molecule has 1 rings (SSSR count).